The Morgan fingerprint density at radius 1 is 1.33 bits per heavy atom. The highest BCUT2D eigenvalue weighted by Crippen LogP contribution is 2.26. The zero-order valence-corrected chi connectivity index (χ0v) is 9.39. The Morgan fingerprint density at radius 2 is 2.13 bits per heavy atom. The van der Waals surface area contributed by atoms with Crippen molar-refractivity contribution in [1.82, 2.24) is 5.32 Å². The van der Waals surface area contributed by atoms with Crippen LogP contribution in [0, 0.1) is 12.7 Å². The Kier molecular flexibility index (Phi) is 3.06. The molecule has 0 spiro atoms. The van der Waals surface area contributed by atoms with Gasteiger partial charge in [-0.2, -0.15) is 0 Å². The van der Waals surface area contributed by atoms with Gasteiger partial charge in [0.05, 0.1) is 0 Å². The third-order valence-corrected chi connectivity index (χ3v) is 3.21. The van der Waals surface area contributed by atoms with Crippen LogP contribution in [0.5, 0.6) is 0 Å². The average Bonchev–Trinajstić information content (AvgIpc) is 2.22. The molecule has 2 unspecified atom stereocenters. The van der Waals surface area contributed by atoms with Gasteiger partial charge in [0, 0.05) is 12.1 Å². The van der Waals surface area contributed by atoms with E-state index in [-0.39, 0.29) is 5.82 Å². The number of piperidine rings is 1. The van der Waals surface area contributed by atoms with Crippen molar-refractivity contribution in [2.45, 2.75) is 45.2 Å². The zero-order valence-electron chi connectivity index (χ0n) is 9.39. The van der Waals surface area contributed by atoms with E-state index >= 15 is 0 Å². The summed E-state index contributed by atoms with van der Waals surface area (Å²) in [6.07, 6.45) is 3.58. The van der Waals surface area contributed by atoms with E-state index in [0.29, 0.717) is 12.1 Å². The molecule has 15 heavy (non-hydrogen) atoms. The predicted molar refractivity (Wildman–Crippen MR) is 60.3 cm³/mol. The van der Waals surface area contributed by atoms with Gasteiger partial charge in [-0.25, -0.2) is 4.39 Å². The lowest BCUT2D eigenvalue weighted by molar-refractivity contribution is 0.340. The molecule has 1 fully saturated rings. The molecule has 1 saturated heterocycles. The van der Waals surface area contributed by atoms with E-state index in [9.17, 15) is 4.39 Å². The van der Waals surface area contributed by atoms with E-state index < -0.39 is 0 Å². The van der Waals surface area contributed by atoms with Crippen molar-refractivity contribution in [3.63, 3.8) is 0 Å². The maximum Gasteiger partial charge on any atom is 0.126 e. The highest BCUT2D eigenvalue weighted by molar-refractivity contribution is 5.26. The van der Waals surface area contributed by atoms with Gasteiger partial charge in [-0.3, -0.25) is 0 Å². The maximum atomic E-state index is 13.4. The molecule has 2 rings (SSSR count). The second-order valence-electron chi connectivity index (χ2n) is 4.56. The summed E-state index contributed by atoms with van der Waals surface area (Å²) in [4.78, 5) is 0. The van der Waals surface area contributed by atoms with Crippen molar-refractivity contribution >= 4 is 0 Å². The Hall–Kier alpha value is -0.890. The van der Waals surface area contributed by atoms with Crippen LogP contribution in [0.3, 0.4) is 0 Å². The minimum absolute atomic E-state index is 0.0903. The fourth-order valence-corrected chi connectivity index (χ4v) is 2.23. The molecular weight excluding hydrogens is 189 g/mol. The summed E-state index contributed by atoms with van der Waals surface area (Å²) in [6, 6.07) is 6.46. The van der Waals surface area contributed by atoms with Crippen LogP contribution in [-0.2, 0) is 0 Å². The largest absolute Gasteiger partial charge is 0.307 e. The number of nitrogens with one attached hydrogen (secondary N) is 1. The topological polar surface area (TPSA) is 12.0 Å². The van der Waals surface area contributed by atoms with Crippen molar-refractivity contribution in [1.29, 1.82) is 0 Å². The van der Waals surface area contributed by atoms with Gasteiger partial charge in [0.2, 0.25) is 0 Å². The minimum atomic E-state index is -0.0903. The monoisotopic (exact) mass is 207 g/mol. The van der Waals surface area contributed by atoms with Gasteiger partial charge >= 0.3 is 0 Å². The Morgan fingerprint density at radius 3 is 2.80 bits per heavy atom. The molecule has 1 N–H and O–H groups in total. The molecule has 0 aliphatic carbocycles. The molecule has 1 aromatic rings. The molecule has 2 atom stereocenters. The molecule has 0 radical (unpaired) electrons. The molecule has 1 aliphatic heterocycles. The van der Waals surface area contributed by atoms with Crippen LogP contribution in [0.15, 0.2) is 18.2 Å². The quantitative estimate of drug-likeness (QED) is 0.744. The maximum absolute atomic E-state index is 13.4. The number of hydrogen-bond acceptors (Lipinski definition) is 1. The van der Waals surface area contributed by atoms with Gasteiger partial charge in [-0.05, 0) is 43.9 Å². The van der Waals surface area contributed by atoms with E-state index in [1.54, 1.807) is 13.0 Å². The normalized spacial score (nSPS) is 26.6. The fourth-order valence-electron chi connectivity index (χ4n) is 2.23. The summed E-state index contributed by atoms with van der Waals surface area (Å²) in [5.74, 6) is -0.0903. The highest BCUT2D eigenvalue weighted by Gasteiger charge is 2.19. The molecule has 1 aliphatic rings. The summed E-state index contributed by atoms with van der Waals surface area (Å²) < 4.78 is 13.4. The lowest BCUT2D eigenvalue weighted by atomic mass is 9.93. The van der Waals surface area contributed by atoms with Gasteiger partial charge in [0.1, 0.15) is 5.82 Å². The smallest absolute Gasteiger partial charge is 0.126 e. The predicted octanol–water partition coefficient (Wildman–Crippen LogP) is 3.34. The standard InChI is InChI=1S/C13H18FN/c1-9-6-7-11(8-12(9)14)13-5-3-4-10(2)15-13/h6-8,10,13,15H,3-5H2,1-2H3. The van der Waals surface area contributed by atoms with E-state index in [1.165, 1.54) is 12.8 Å². The summed E-state index contributed by atoms with van der Waals surface area (Å²) >= 11 is 0. The number of benzene rings is 1. The van der Waals surface area contributed by atoms with Crippen LogP contribution < -0.4 is 5.32 Å². The number of rotatable bonds is 1. The second kappa shape index (κ2) is 4.31. The molecule has 82 valence electrons. The van der Waals surface area contributed by atoms with Crippen LogP contribution >= 0.6 is 0 Å². The molecule has 0 bridgehead atoms. The molecule has 0 saturated carbocycles. The van der Waals surface area contributed by atoms with Crippen molar-refractivity contribution in [3.05, 3.63) is 35.1 Å². The lowest BCUT2D eigenvalue weighted by Gasteiger charge is -2.29. The van der Waals surface area contributed by atoms with Crippen LogP contribution in [0.25, 0.3) is 0 Å². The van der Waals surface area contributed by atoms with E-state index in [0.717, 1.165) is 17.5 Å². The summed E-state index contributed by atoms with van der Waals surface area (Å²) in [7, 11) is 0. The van der Waals surface area contributed by atoms with Crippen LogP contribution in [0.2, 0.25) is 0 Å². The van der Waals surface area contributed by atoms with E-state index in [1.807, 2.05) is 12.1 Å². The first-order chi connectivity index (χ1) is 7.16. The first kappa shape index (κ1) is 10.6. The zero-order chi connectivity index (χ0) is 10.8. The van der Waals surface area contributed by atoms with Gasteiger partial charge in [0.15, 0.2) is 0 Å². The Labute approximate surface area is 90.7 Å². The first-order valence-corrected chi connectivity index (χ1v) is 5.69. The third kappa shape index (κ3) is 2.37. The molecular formula is C13H18FN. The molecule has 1 nitrogen and oxygen atoms in total. The lowest BCUT2D eigenvalue weighted by Crippen LogP contribution is -2.34. The first-order valence-electron chi connectivity index (χ1n) is 5.69. The number of hydrogen-bond donors (Lipinski definition) is 1. The Bertz CT molecular complexity index is 348. The average molecular weight is 207 g/mol. The summed E-state index contributed by atoms with van der Waals surface area (Å²) in [5, 5.41) is 3.51. The van der Waals surface area contributed by atoms with Crippen molar-refractivity contribution in [2.24, 2.45) is 0 Å². The molecule has 0 amide bonds. The van der Waals surface area contributed by atoms with Gasteiger partial charge in [-0.15, -0.1) is 0 Å². The Balaban J connectivity index is 2.18. The summed E-state index contributed by atoms with van der Waals surface area (Å²) in [6.45, 7) is 3.99. The van der Waals surface area contributed by atoms with Crippen LogP contribution in [-0.4, -0.2) is 6.04 Å². The van der Waals surface area contributed by atoms with Crippen molar-refractivity contribution in [2.75, 3.05) is 0 Å². The van der Waals surface area contributed by atoms with Crippen LogP contribution in [0.1, 0.15) is 43.4 Å². The number of halogens is 1. The minimum Gasteiger partial charge on any atom is -0.307 e. The van der Waals surface area contributed by atoms with Gasteiger partial charge in [0.25, 0.3) is 0 Å². The number of aryl methyl sites for hydroxylation is 1. The van der Waals surface area contributed by atoms with Gasteiger partial charge in [-0.1, -0.05) is 18.6 Å². The van der Waals surface area contributed by atoms with Crippen molar-refractivity contribution < 1.29 is 4.39 Å². The molecule has 1 heterocycles. The fraction of sp³-hybridized carbons (Fsp3) is 0.538. The van der Waals surface area contributed by atoms with Gasteiger partial charge < -0.3 is 5.32 Å². The van der Waals surface area contributed by atoms with Crippen molar-refractivity contribution in [3.8, 4) is 0 Å². The third-order valence-electron chi connectivity index (χ3n) is 3.21. The SMILES string of the molecule is Cc1ccc(C2CCCC(C)N2)cc1F. The van der Waals surface area contributed by atoms with Crippen LogP contribution in [0.4, 0.5) is 4.39 Å². The molecule has 2 heteroatoms. The van der Waals surface area contributed by atoms with E-state index in [2.05, 4.69) is 12.2 Å². The van der Waals surface area contributed by atoms with E-state index in [4.69, 9.17) is 0 Å². The molecule has 1 aromatic carbocycles. The second-order valence-corrected chi connectivity index (χ2v) is 4.56. The molecule has 0 aromatic heterocycles. The summed E-state index contributed by atoms with van der Waals surface area (Å²) in [5.41, 5.74) is 1.81. The highest BCUT2D eigenvalue weighted by atomic mass is 19.1.